The van der Waals surface area contributed by atoms with Gasteiger partial charge < -0.3 is 4.52 Å². The lowest BCUT2D eigenvalue weighted by Gasteiger charge is -2.08. The van der Waals surface area contributed by atoms with E-state index < -0.39 is 0 Å². The van der Waals surface area contributed by atoms with E-state index in [1.807, 2.05) is 24.3 Å². The van der Waals surface area contributed by atoms with Crippen LogP contribution in [-0.2, 0) is 0 Å². The zero-order valence-corrected chi connectivity index (χ0v) is 13.2. The van der Waals surface area contributed by atoms with Crippen LogP contribution < -0.4 is 0 Å². The Morgan fingerprint density at radius 2 is 1.70 bits per heavy atom. The number of carbonyl (C=O) groups is 1. The fourth-order valence-electron chi connectivity index (χ4n) is 2.36. The van der Waals surface area contributed by atoms with Crippen molar-refractivity contribution in [3.05, 3.63) is 59.7 Å². The number of rotatable bonds is 5. The normalized spacial score (nSPS) is 12.1. The molecule has 2 aromatic carbocycles. The minimum Gasteiger partial charge on any atom is -0.334 e. The molecule has 0 bridgehead atoms. The molecule has 1 unspecified atom stereocenters. The van der Waals surface area contributed by atoms with Gasteiger partial charge in [-0.2, -0.15) is 4.98 Å². The Hall–Kier alpha value is -2.75. The van der Waals surface area contributed by atoms with E-state index >= 15 is 0 Å². The van der Waals surface area contributed by atoms with Crippen molar-refractivity contribution in [2.75, 3.05) is 0 Å². The number of hydrogen-bond acceptors (Lipinski definition) is 4. The van der Waals surface area contributed by atoms with E-state index in [2.05, 4.69) is 36.1 Å². The molecule has 0 amide bonds. The predicted molar refractivity (Wildman–Crippen MR) is 89.3 cm³/mol. The van der Waals surface area contributed by atoms with Crippen LogP contribution >= 0.6 is 0 Å². The molecule has 1 aromatic heterocycles. The molecule has 116 valence electrons. The third-order valence-electron chi connectivity index (χ3n) is 4.07. The summed E-state index contributed by atoms with van der Waals surface area (Å²) in [6, 6.07) is 15.3. The van der Waals surface area contributed by atoms with Crippen LogP contribution in [0.1, 0.15) is 42.1 Å². The Morgan fingerprint density at radius 3 is 2.30 bits per heavy atom. The topological polar surface area (TPSA) is 56.0 Å². The number of benzene rings is 2. The summed E-state index contributed by atoms with van der Waals surface area (Å²) in [4.78, 5) is 15.1. The molecular weight excluding hydrogens is 288 g/mol. The van der Waals surface area contributed by atoms with E-state index in [-0.39, 0.29) is 0 Å². The van der Waals surface area contributed by atoms with Crippen molar-refractivity contribution in [1.29, 1.82) is 0 Å². The largest absolute Gasteiger partial charge is 0.334 e. The highest BCUT2D eigenvalue weighted by molar-refractivity contribution is 5.76. The first kappa shape index (κ1) is 15.2. The van der Waals surface area contributed by atoms with Gasteiger partial charge in [0, 0.05) is 16.7 Å². The fourth-order valence-corrected chi connectivity index (χ4v) is 2.36. The van der Waals surface area contributed by atoms with Crippen LogP contribution in [0.2, 0.25) is 0 Å². The Kier molecular flexibility index (Phi) is 4.33. The second kappa shape index (κ2) is 6.57. The van der Waals surface area contributed by atoms with E-state index in [0.717, 1.165) is 23.8 Å². The lowest BCUT2D eigenvalue weighted by Crippen LogP contribution is -1.90. The summed E-state index contributed by atoms with van der Waals surface area (Å²) in [6.45, 7) is 4.39. The fraction of sp³-hybridized carbons (Fsp3) is 0.211. The molecule has 3 aromatic rings. The highest BCUT2D eigenvalue weighted by Gasteiger charge is 2.11. The van der Waals surface area contributed by atoms with Gasteiger partial charge in [-0.3, -0.25) is 4.79 Å². The highest BCUT2D eigenvalue weighted by Crippen LogP contribution is 2.25. The Bertz CT molecular complexity index is 789. The molecule has 0 radical (unpaired) electrons. The second-order valence-corrected chi connectivity index (χ2v) is 5.59. The van der Waals surface area contributed by atoms with Crippen LogP contribution in [0.15, 0.2) is 53.1 Å². The first-order chi connectivity index (χ1) is 11.2. The average Bonchev–Trinajstić information content (AvgIpc) is 3.11. The molecule has 23 heavy (non-hydrogen) atoms. The Morgan fingerprint density at radius 1 is 1.04 bits per heavy atom. The van der Waals surface area contributed by atoms with Crippen LogP contribution in [-0.4, -0.2) is 16.4 Å². The number of carbonyl (C=O) groups excluding carboxylic acids is 1. The van der Waals surface area contributed by atoms with E-state index in [9.17, 15) is 4.79 Å². The van der Waals surface area contributed by atoms with E-state index in [0.29, 0.717) is 23.2 Å². The molecule has 0 saturated heterocycles. The van der Waals surface area contributed by atoms with Crippen molar-refractivity contribution in [3.63, 3.8) is 0 Å². The average molecular weight is 306 g/mol. The lowest BCUT2D eigenvalue weighted by atomic mass is 9.98. The zero-order chi connectivity index (χ0) is 16.2. The van der Waals surface area contributed by atoms with Gasteiger partial charge in [-0.1, -0.05) is 55.4 Å². The smallest absolute Gasteiger partial charge is 0.258 e. The molecule has 1 heterocycles. The van der Waals surface area contributed by atoms with E-state index in [1.54, 1.807) is 12.1 Å². The van der Waals surface area contributed by atoms with Crippen molar-refractivity contribution >= 4 is 6.29 Å². The van der Waals surface area contributed by atoms with Gasteiger partial charge in [-0.25, -0.2) is 0 Å². The van der Waals surface area contributed by atoms with Crippen LogP contribution in [0, 0.1) is 0 Å². The van der Waals surface area contributed by atoms with Gasteiger partial charge in [0.1, 0.15) is 6.29 Å². The summed E-state index contributed by atoms with van der Waals surface area (Å²) in [6.07, 6.45) is 1.92. The molecule has 0 aliphatic carbocycles. The van der Waals surface area contributed by atoms with Crippen LogP contribution in [0.3, 0.4) is 0 Å². The standard InChI is InChI=1S/C19H18N2O2/c1-3-13(2)15-8-10-17(11-9-15)19-20-18(21-23-19)16-6-4-14(12-22)5-7-16/h4-13H,3H2,1-2H3. The number of nitrogens with zero attached hydrogens (tertiary/aromatic N) is 2. The van der Waals surface area contributed by atoms with Gasteiger partial charge in [0.25, 0.3) is 5.89 Å². The van der Waals surface area contributed by atoms with Gasteiger partial charge in [0.05, 0.1) is 0 Å². The van der Waals surface area contributed by atoms with Crippen molar-refractivity contribution < 1.29 is 9.32 Å². The maximum Gasteiger partial charge on any atom is 0.258 e. The first-order valence-electron chi connectivity index (χ1n) is 7.71. The molecule has 0 aliphatic heterocycles. The maximum atomic E-state index is 10.7. The second-order valence-electron chi connectivity index (χ2n) is 5.59. The summed E-state index contributed by atoms with van der Waals surface area (Å²) >= 11 is 0. The highest BCUT2D eigenvalue weighted by atomic mass is 16.5. The maximum absolute atomic E-state index is 10.7. The predicted octanol–water partition coefficient (Wildman–Crippen LogP) is 4.73. The van der Waals surface area contributed by atoms with Gasteiger partial charge in [-0.05, 0) is 30.0 Å². The number of aldehydes is 1. The minimum absolute atomic E-state index is 0.496. The molecule has 0 fully saturated rings. The molecule has 0 saturated carbocycles. The molecule has 0 spiro atoms. The molecule has 4 nitrogen and oxygen atoms in total. The molecule has 4 heteroatoms. The van der Waals surface area contributed by atoms with Gasteiger partial charge in [0.2, 0.25) is 5.82 Å². The van der Waals surface area contributed by atoms with E-state index in [1.165, 1.54) is 5.56 Å². The molecule has 0 N–H and O–H groups in total. The summed E-state index contributed by atoms with van der Waals surface area (Å²) in [5, 5.41) is 4.02. The third kappa shape index (κ3) is 3.21. The lowest BCUT2D eigenvalue weighted by molar-refractivity contribution is 0.112. The number of aromatic nitrogens is 2. The molecular formula is C19H18N2O2. The SMILES string of the molecule is CCC(C)c1ccc(-c2nc(-c3ccc(C=O)cc3)no2)cc1. The summed E-state index contributed by atoms with van der Waals surface area (Å²) in [5.74, 6) is 1.55. The van der Waals surface area contributed by atoms with Gasteiger partial charge in [0.15, 0.2) is 0 Å². The zero-order valence-electron chi connectivity index (χ0n) is 13.2. The van der Waals surface area contributed by atoms with Crippen LogP contribution in [0.5, 0.6) is 0 Å². The van der Waals surface area contributed by atoms with Gasteiger partial charge in [-0.15, -0.1) is 0 Å². The van der Waals surface area contributed by atoms with Crippen molar-refractivity contribution in [2.24, 2.45) is 0 Å². The number of hydrogen-bond donors (Lipinski definition) is 0. The summed E-state index contributed by atoms with van der Waals surface area (Å²) < 4.78 is 5.36. The van der Waals surface area contributed by atoms with Crippen LogP contribution in [0.4, 0.5) is 0 Å². The third-order valence-corrected chi connectivity index (χ3v) is 4.07. The Labute approximate surface area is 135 Å². The molecule has 3 rings (SSSR count). The quantitative estimate of drug-likeness (QED) is 0.639. The van der Waals surface area contributed by atoms with E-state index in [4.69, 9.17) is 4.52 Å². The minimum atomic E-state index is 0.496. The van der Waals surface area contributed by atoms with Crippen LogP contribution in [0.25, 0.3) is 22.8 Å². The monoisotopic (exact) mass is 306 g/mol. The summed E-state index contributed by atoms with van der Waals surface area (Å²) in [7, 11) is 0. The van der Waals surface area contributed by atoms with Crippen molar-refractivity contribution in [1.82, 2.24) is 10.1 Å². The first-order valence-corrected chi connectivity index (χ1v) is 7.71. The molecule has 0 aliphatic rings. The van der Waals surface area contributed by atoms with Crippen molar-refractivity contribution in [3.8, 4) is 22.8 Å². The Balaban J connectivity index is 1.84. The summed E-state index contributed by atoms with van der Waals surface area (Å²) in [5.41, 5.74) is 3.65. The van der Waals surface area contributed by atoms with Crippen molar-refractivity contribution in [2.45, 2.75) is 26.2 Å². The van der Waals surface area contributed by atoms with Gasteiger partial charge >= 0.3 is 0 Å². The molecule has 1 atom stereocenters.